The Kier molecular flexibility index (Phi) is 2.44. The van der Waals surface area contributed by atoms with Gasteiger partial charge in [-0.25, -0.2) is 4.39 Å². The topological polar surface area (TPSA) is 20.7 Å². The summed E-state index contributed by atoms with van der Waals surface area (Å²) in [6, 6.07) is 4.68. The number of nitrogens with one attached hydrogen (secondary N) is 1. The molecule has 0 spiro atoms. The first-order valence-corrected chi connectivity index (χ1v) is 5.04. The van der Waals surface area contributed by atoms with E-state index < -0.39 is 0 Å². The van der Waals surface area contributed by atoms with Gasteiger partial charge >= 0.3 is 0 Å². The number of H-pyrrole nitrogens is 1. The van der Waals surface area contributed by atoms with E-state index in [-0.39, 0.29) is 5.82 Å². The predicted molar refractivity (Wildman–Crippen MR) is 60.4 cm³/mol. The molecule has 1 N–H and O–H groups in total. The second-order valence-electron chi connectivity index (χ2n) is 3.50. The zero-order chi connectivity index (χ0) is 11.0. The second-order valence-corrected chi connectivity index (χ2v) is 3.89. The molecule has 4 heteroatoms. The van der Waals surface area contributed by atoms with Crippen LogP contribution in [0.5, 0.6) is 0 Å². The maximum atomic E-state index is 12.9. The van der Waals surface area contributed by atoms with Crippen LogP contribution in [-0.4, -0.2) is 9.55 Å². The Morgan fingerprint density at radius 3 is 2.60 bits per heavy atom. The summed E-state index contributed by atoms with van der Waals surface area (Å²) in [6.45, 7) is 3.82. The minimum absolute atomic E-state index is 0.226. The van der Waals surface area contributed by atoms with E-state index in [4.69, 9.17) is 12.2 Å². The molecular formula is C11H11FN2S. The van der Waals surface area contributed by atoms with Gasteiger partial charge < -0.3 is 4.98 Å². The molecule has 1 aromatic heterocycles. The third-order valence-electron chi connectivity index (χ3n) is 2.36. The molecule has 15 heavy (non-hydrogen) atoms. The van der Waals surface area contributed by atoms with Crippen molar-refractivity contribution in [2.45, 2.75) is 13.8 Å². The van der Waals surface area contributed by atoms with Crippen molar-refractivity contribution in [2.24, 2.45) is 0 Å². The lowest BCUT2D eigenvalue weighted by Gasteiger charge is -2.08. The highest BCUT2D eigenvalue weighted by atomic mass is 32.1. The highest BCUT2D eigenvalue weighted by molar-refractivity contribution is 7.71. The Balaban J connectivity index is 2.69. The number of aromatic nitrogens is 2. The van der Waals surface area contributed by atoms with Gasteiger partial charge in [-0.2, -0.15) is 0 Å². The van der Waals surface area contributed by atoms with Gasteiger partial charge in [0.05, 0.1) is 5.69 Å². The van der Waals surface area contributed by atoms with Crippen LogP contribution < -0.4 is 0 Å². The molecule has 0 bridgehead atoms. The maximum Gasteiger partial charge on any atom is 0.182 e. The lowest BCUT2D eigenvalue weighted by atomic mass is 10.2. The molecule has 78 valence electrons. The van der Waals surface area contributed by atoms with Crippen molar-refractivity contribution in [3.05, 3.63) is 46.2 Å². The van der Waals surface area contributed by atoms with Crippen LogP contribution in [0.4, 0.5) is 4.39 Å². The molecule has 0 saturated heterocycles. The van der Waals surface area contributed by atoms with Crippen molar-refractivity contribution in [3.63, 3.8) is 0 Å². The molecule has 1 heterocycles. The van der Waals surface area contributed by atoms with Gasteiger partial charge in [0.1, 0.15) is 5.82 Å². The van der Waals surface area contributed by atoms with Gasteiger partial charge in [0.15, 0.2) is 4.77 Å². The minimum Gasteiger partial charge on any atom is -0.337 e. The number of benzene rings is 1. The van der Waals surface area contributed by atoms with Crippen LogP contribution in [0.2, 0.25) is 0 Å². The molecular weight excluding hydrogens is 211 g/mol. The Morgan fingerprint density at radius 2 is 2.07 bits per heavy atom. The molecule has 2 rings (SSSR count). The Morgan fingerprint density at radius 1 is 1.33 bits per heavy atom. The van der Waals surface area contributed by atoms with Gasteiger partial charge in [0.2, 0.25) is 0 Å². The number of hydrogen-bond acceptors (Lipinski definition) is 1. The third-order valence-corrected chi connectivity index (χ3v) is 2.66. The summed E-state index contributed by atoms with van der Waals surface area (Å²) in [5.41, 5.74) is 2.80. The van der Waals surface area contributed by atoms with Gasteiger partial charge in [-0.1, -0.05) is 0 Å². The first-order valence-electron chi connectivity index (χ1n) is 4.63. The largest absolute Gasteiger partial charge is 0.337 e. The molecule has 2 aromatic rings. The van der Waals surface area contributed by atoms with E-state index >= 15 is 0 Å². The summed E-state index contributed by atoms with van der Waals surface area (Å²) in [5, 5.41) is 0. The molecule has 0 radical (unpaired) electrons. The quantitative estimate of drug-likeness (QED) is 0.734. The van der Waals surface area contributed by atoms with Crippen LogP contribution in [0.25, 0.3) is 5.69 Å². The molecule has 0 aliphatic heterocycles. The Labute approximate surface area is 92.4 Å². The predicted octanol–water partition coefficient (Wildman–Crippen LogP) is 3.29. The Hall–Kier alpha value is -1.42. The summed E-state index contributed by atoms with van der Waals surface area (Å²) >= 11 is 5.16. The number of hydrogen-bond donors (Lipinski definition) is 1. The lowest BCUT2D eigenvalue weighted by molar-refractivity contribution is 0.626. The van der Waals surface area contributed by atoms with Crippen LogP contribution in [0.1, 0.15) is 11.3 Å². The van der Waals surface area contributed by atoms with E-state index in [1.807, 2.05) is 24.6 Å². The molecule has 1 aromatic carbocycles. The second kappa shape index (κ2) is 3.62. The molecule has 0 aliphatic rings. The molecule has 0 unspecified atom stereocenters. The molecule has 2 nitrogen and oxygen atoms in total. The number of aromatic amines is 1. The summed E-state index contributed by atoms with van der Waals surface area (Å²) in [7, 11) is 0. The number of imidazole rings is 1. The molecule has 0 atom stereocenters. The van der Waals surface area contributed by atoms with E-state index in [0.717, 1.165) is 16.9 Å². The van der Waals surface area contributed by atoms with E-state index in [9.17, 15) is 4.39 Å². The van der Waals surface area contributed by atoms with E-state index in [1.54, 1.807) is 6.07 Å². The smallest absolute Gasteiger partial charge is 0.182 e. The first kappa shape index (κ1) is 10.1. The monoisotopic (exact) mass is 222 g/mol. The van der Waals surface area contributed by atoms with Gasteiger partial charge in [-0.15, -0.1) is 0 Å². The first-order chi connectivity index (χ1) is 7.09. The number of halogens is 1. The van der Waals surface area contributed by atoms with E-state index in [1.165, 1.54) is 12.1 Å². The van der Waals surface area contributed by atoms with Crippen LogP contribution >= 0.6 is 12.2 Å². The van der Waals surface area contributed by atoms with Crippen molar-refractivity contribution >= 4 is 12.2 Å². The van der Waals surface area contributed by atoms with Crippen molar-refractivity contribution in [1.29, 1.82) is 0 Å². The van der Waals surface area contributed by atoms with E-state index in [0.29, 0.717) is 4.77 Å². The highest BCUT2D eigenvalue weighted by Crippen LogP contribution is 2.17. The summed E-state index contributed by atoms with van der Waals surface area (Å²) in [6.07, 6.45) is 1.84. The minimum atomic E-state index is -0.226. The fourth-order valence-corrected chi connectivity index (χ4v) is 1.93. The zero-order valence-electron chi connectivity index (χ0n) is 8.54. The summed E-state index contributed by atoms with van der Waals surface area (Å²) < 4.78 is 15.5. The fourth-order valence-electron chi connectivity index (χ4n) is 1.62. The number of nitrogens with zero attached hydrogens (tertiary/aromatic N) is 1. The van der Waals surface area contributed by atoms with Crippen LogP contribution in [0.15, 0.2) is 24.4 Å². The average molecular weight is 222 g/mol. The molecule has 0 saturated carbocycles. The number of aryl methyl sites for hydroxylation is 2. The standard InChI is InChI=1S/C11H11FN2S/c1-7-5-9(12)3-4-10(7)14-8(2)6-13-11(14)15/h3-6H,1-2H3,(H,13,15). The molecule has 0 amide bonds. The SMILES string of the molecule is Cc1cc(F)ccc1-n1c(C)c[nH]c1=S. The van der Waals surface area contributed by atoms with Crippen molar-refractivity contribution < 1.29 is 4.39 Å². The number of rotatable bonds is 1. The third kappa shape index (κ3) is 1.72. The van der Waals surface area contributed by atoms with Crippen LogP contribution in [-0.2, 0) is 0 Å². The highest BCUT2D eigenvalue weighted by Gasteiger charge is 2.05. The summed E-state index contributed by atoms with van der Waals surface area (Å²) in [4.78, 5) is 2.96. The molecule has 0 aliphatic carbocycles. The fraction of sp³-hybridized carbons (Fsp3) is 0.182. The van der Waals surface area contributed by atoms with Gasteiger partial charge in [-0.05, 0) is 49.8 Å². The van der Waals surface area contributed by atoms with Crippen LogP contribution in [0.3, 0.4) is 0 Å². The molecule has 0 fully saturated rings. The van der Waals surface area contributed by atoms with Crippen LogP contribution in [0, 0.1) is 24.4 Å². The average Bonchev–Trinajstić information content (AvgIpc) is 2.48. The summed E-state index contributed by atoms with van der Waals surface area (Å²) in [5.74, 6) is -0.226. The van der Waals surface area contributed by atoms with Gasteiger partial charge in [0, 0.05) is 11.9 Å². The normalized spacial score (nSPS) is 10.6. The zero-order valence-corrected chi connectivity index (χ0v) is 9.36. The van der Waals surface area contributed by atoms with E-state index in [2.05, 4.69) is 4.98 Å². The van der Waals surface area contributed by atoms with Crippen molar-refractivity contribution in [2.75, 3.05) is 0 Å². The lowest BCUT2D eigenvalue weighted by Crippen LogP contribution is -1.99. The van der Waals surface area contributed by atoms with Gasteiger partial charge in [-0.3, -0.25) is 4.57 Å². The Bertz CT molecular complexity index is 554. The van der Waals surface area contributed by atoms with Crippen molar-refractivity contribution in [1.82, 2.24) is 9.55 Å². The maximum absolute atomic E-state index is 12.9. The van der Waals surface area contributed by atoms with Crippen molar-refractivity contribution in [3.8, 4) is 5.69 Å². The van der Waals surface area contributed by atoms with Gasteiger partial charge in [0.25, 0.3) is 0 Å².